The predicted octanol–water partition coefficient (Wildman–Crippen LogP) is 3.55. The van der Waals surface area contributed by atoms with E-state index >= 15 is 0 Å². The Hall–Kier alpha value is -0.570. The first-order chi connectivity index (χ1) is 8.88. The highest BCUT2D eigenvalue weighted by Crippen LogP contribution is 2.24. The highest BCUT2D eigenvalue weighted by atomic mass is 35.5. The summed E-state index contributed by atoms with van der Waals surface area (Å²) in [6.45, 7) is 12.3. The smallest absolute Gasteiger partial charge is 0.0409 e. The normalized spacial score (nSPS) is 23.8. The van der Waals surface area contributed by atoms with Crippen molar-refractivity contribution in [3.8, 4) is 0 Å². The van der Waals surface area contributed by atoms with Gasteiger partial charge in [0, 0.05) is 36.2 Å². The summed E-state index contributed by atoms with van der Waals surface area (Å²) < 4.78 is 0. The first-order valence-electron chi connectivity index (χ1n) is 7.11. The minimum absolute atomic E-state index is 0.188. The van der Waals surface area contributed by atoms with E-state index in [-0.39, 0.29) is 5.54 Å². The fourth-order valence-electron chi connectivity index (χ4n) is 2.62. The van der Waals surface area contributed by atoms with Crippen molar-refractivity contribution in [1.82, 2.24) is 10.2 Å². The predicted molar refractivity (Wildman–Crippen MR) is 82.6 cm³/mol. The second kappa shape index (κ2) is 5.82. The third-order valence-corrected chi connectivity index (χ3v) is 4.37. The van der Waals surface area contributed by atoms with E-state index < -0.39 is 0 Å². The molecule has 1 saturated heterocycles. The van der Waals surface area contributed by atoms with E-state index in [1.165, 1.54) is 5.56 Å². The van der Waals surface area contributed by atoms with Crippen LogP contribution in [-0.4, -0.2) is 29.6 Å². The maximum Gasteiger partial charge on any atom is 0.0409 e. The monoisotopic (exact) mass is 280 g/mol. The van der Waals surface area contributed by atoms with E-state index in [4.69, 9.17) is 11.6 Å². The second-order valence-electron chi connectivity index (χ2n) is 6.55. The lowest BCUT2D eigenvalue weighted by molar-refractivity contribution is 0.0475. The summed E-state index contributed by atoms with van der Waals surface area (Å²) >= 11 is 6.08. The van der Waals surface area contributed by atoms with Crippen LogP contribution in [0.2, 0.25) is 5.02 Å². The van der Waals surface area contributed by atoms with Crippen LogP contribution < -0.4 is 5.32 Å². The van der Waals surface area contributed by atoms with Gasteiger partial charge in [-0.05, 0) is 37.5 Å². The molecule has 0 saturated carbocycles. The Morgan fingerprint density at radius 3 is 2.79 bits per heavy atom. The van der Waals surface area contributed by atoms with Crippen molar-refractivity contribution in [3.63, 3.8) is 0 Å². The molecular formula is C16H25ClN2. The molecule has 19 heavy (non-hydrogen) atoms. The maximum absolute atomic E-state index is 6.08. The number of benzene rings is 1. The summed E-state index contributed by atoms with van der Waals surface area (Å²) in [5.41, 5.74) is 1.48. The highest BCUT2D eigenvalue weighted by Gasteiger charge is 2.34. The summed E-state index contributed by atoms with van der Waals surface area (Å²) in [4.78, 5) is 2.57. The lowest BCUT2D eigenvalue weighted by Gasteiger charge is -2.47. The topological polar surface area (TPSA) is 15.3 Å². The van der Waals surface area contributed by atoms with Gasteiger partial charge in [0.1, 0.15) is 0 Å². The Bertz CT molecular complexity index is 429. The lowest BCUT2D eigenvalue weighted by Crippen LogP contribution is -2.62. The van der Waals surface area contributed by atoms with Crippen LogP contribution in [0, 0.1) is 5.92 Å². The molecule has 0 amide bonds. The standard InChI is InChI=1S/C16H25ClN2/c1-12(2)15-10-19(16(3,4)11-18-15)9-13-6-5-7-14(17)8-13/h5-8,12,15,18H,9-11H2,1-4H3. The zero-order valence-electron chi connectivity index (χ0n) is 12.4. The summed E-state index contributed by atoms with van der Waals surface area (Å²) in [6, 6.07) is 8.78. The highest BCUT2D eigenvalue weighted by molar-refractivity contribution is 6.30. The Labute approximate surface area is 122 Å². The molecular weight excluding hydrogens is 256 g/mol. The number of halogens is 1. The number of nitrogens with one attached hydrogen (secondary N) is 1. The molecule has 0 aromatic heterocycles. The Balaban J connectivity index is 2.11. The molecule has 1 aromatic rings. The average molecular weight is 281 g/mol. The molecule has 106 valence electrons. The summed E-state index contributed by atoms with van der Waals surface area (Å²) in [5, 5.41) is 4.49. The van der Waals surface area contributed by atoms with Crippen molar-refractivity contribution in [2.24, 2.45) is 5.92 Å². The zero-order valence-corrected chi connectivity index (χ0v) is 13.2. The van der Waals surface area contributed by atoms with Crippen LogP contribution in [-0.2, 0) is 6.54 Å². The molecule has 1 aliphatic heterocycles. The van der Waals surface area contributed by atoms with Gasteiger partial charge in [0.2, 0.25) is 0 Å². The van der Waals surface area contributed by atoms with E-state index in [9.17, 15) is 0 Å². The molecule has 1 fully saturated rings. The van der Waals surface area contributed by atoms with Crippen molar-refractivity contribution >= 4 is 11.6 Å². The Morgan fingerprint density at radius 2 is 2.16 bits per heavy atom. The minimum Gasteiger partial charge on any atom is -0.311 e. The minimum atomic E-state index is 0.188. The number of hydrogen-bond donors (Lipinski definition) is 1. The number of nitrogens with zero attached hydrogens (tertiary/aromatic N) is 1. The van der Waals surface area contributed by atoms with Gasteiger partial charge in [0.05, 0.1) is 0 Å². The zero-order chi connectivity index (χ0) is 14.0. The third-order valence-electron chi connectivity index (χ3n) is 4.14. The van der Waals surface area contributed by atoms with Crippen LogP contribution >= 0.6 is 11.6 Å². The lowest BCUT2D eigenvalue weighted by atomic mass is 9.92. The van der Waals surface area contributed by atoms with Gasteiger partial charge in [-0.1, -0.05) is 37.6 Å². The van der Waals surface area contributed by atoms with Crippen molar-refractivity contribution in [2.45, 2.75) is 45.8 Å². The molecule has 1 N–H and O–H groups in total. The average Bonchev–Trinajstić information content (AvgIpc) is 2.31. The van der Waals surface area contributed by atoms with Gasteiger partial charge < -0.3 is 5.32 Å². The molecule has 1 aromatic carbocycles. The number of piperazine rings is 1. The summed E-state index contributed by atoms with van der Waals surface area (Å²) in [6.07, 6.45) is 0. The van der Waals surface area contributed by atoms with Crippen LogP contribution in [0.15, 0.2) is 24.3 Å². The van der Waals surface area contributed by atoms with Gasteiger partial charge in [0.25, 0.3) is 0 Å². The van der Waals surface area contributed by atoms with Crippen LogP contribution in [0.1, 0.15) is 33.3 Å². The van der Waals surface area contributed by atoms with Crippen molar-refractivity contribution in [1.29, 1.82) is 0 Å². The van der Waals surface area contributed by atoms with Crippen molar-refractivity contribution in [3.05, 3.63) is 34.9 Å². The van der Waals surface area contributed by atoms with E-state index in [1.807, 2.05) is 12.1 Å². The largest absolute Gasteiger partial charge is 0.311 e. The molecule has 2 rings (SSSR count). The third kappa shape index (κ3) is 3.71. The van der Waals surface area contributed by atoms with Gasteiger partial charge in [-0.15, -0.1) is 0 Å². The van der Waals surface area contributed by atoms with Crippen LogP contribution in [0.3, 0.4) is 0 Å². The van der Waals surface area contributed by atoms with E-state index in [0.29, 0.717) is 12.0 Å². The van der Waals surface area contributed by atoms with Crippen molar-refractivity contribution < 1.29 is 0 Å². The molecule has 1 heterocycles. The van der Waals surface area contributed by atoms with Gasteiger partial charge in [-0.2, -0.15) is 0 Å². The molecule has 2 nitrogen and oxygen atoms in total. The fraction of sp³-hybridized carbons (Fsp3) is 0.625. The van der Waals surface area contributed by atoms with Crippen LogP contribution in [0.4, 0.5) is 0 Å². The number of hydrogen-bond acceptors (Lipinski definition) is 2. The number of rotatable bonds is 3. The second-order valence-corrected chi connectivity index (χ2v) is 6.99. The van der Waals surface area contributed by atoms with Gasteiger partial charge in [0.15, 0.2) is 0 Å². The fourth-order valence-corrected chi connectivity index (χ4v) is 2.84. The van der Waals surface area contributed by atoms with Crippen LogP contribution in [0.25, 0.3) is 0 Å². The molecule has 1 aliphatic rings. The molecule has 0 radical (unpaired) electrons. The van der Waals surface area contributed by atoms with Gasteiger partial charge in [-0.25, -0.2) is 0 Å². The van der Waals surface area contributed by atoms with E-state index in [0.717, 1.165) is 24.7 Å². The van der Waals surface area contributed by atoms with E-state index in [2.05, 4.69) is 50.0 Å². The van der Waals surface area contributed by atoms with E-state index in [1.54, 1.807) is 0 Å². The summed E-state index contributed by atoms with van der Waals surface area (Å²) in [7, 11) is 0. The van der Waals surface area contributed by atoms with Gasteiger partial charge in [-0.3, -0.25) is 4.90 Å². The first-order valence-corrected chi connectivity index (χ1v) is 7.49. The molecule has 0 spiro atoms. The Morgan fingerprint density at radius 1 is 1.42 bits per heavy atom. The first kappa shape index (κ1) is 14.8. The maximum atomic E-state index is 6.08. The molecule has 0 bridgehead atoms. The molecule has 1 unspecified atom stereocenters. The van der Waals surface area contributed by atoms with Crippen molar-refractivity contribution in [2.75, 3.05) is 13.1 Å². The van der Waals surface area contributed by atoms with Gasteiger partial charge >= 0.3 is 0 Å². The molecule has 1 atom stereocenters. The molecule has 3 heteroatoms. The summed E-state index contributed by atoms with van der Waals surface area (Å²) in [5.74, 6) is 0.665. The SMILES string of the molecule is CC(C)C1CN(Cc2cccc(Cl)c2)C(C)(C)CN1. The Kier molecular flexibility index (Phi) is 4.54. The van der Waals surface area contributed by atoms with Crippen LogP contribution in [0.5, 0.6) is 0 Å². The molecule has 0 aliphatic carbocycles. The quantitative estimate of drug-likeness (QED) is 0.911.